The third-order valence-corrected chi connectivity index (χ3v) is 4.84. The van der Waals surface area contributed by atoms with Crippen molar-refractivity contribution in [3.63, 3.8) is 0 Å². The third kappa shape index (κ3) is 4.17. The number of ether oxygens (including phenoxy) is 2. The number of benzene rings is 2. The maximum Gasteiger partial charge on any atom is 0.421 e. The lowest BCUT2D eigenvalue weighted by atomic mass is 9.85. The summed E-state index contributed by atoms with van der Waals surface area (Å²) in [7, 11) is 0. The van der Waals surface area contributed by atoms with Gasteiger partial charge in [0, 0.05) is 23.9 Å². The summed E-state index contributed by atoms with van der Waals surface area (Å²) in [6, 6.07) is 17.1. The van der Waals surface area contributed by atoms with Crippen LogP contribution in [0, 0.1) is 0 Å². The van der Waals surface area contributed by atoms with Crippen molar-refractivity contribution < 1.29 is 27.4 Å². The molecule has 4 rings (SSSR count). The molecule has 0 spiro atoms. The highest BCUT2D eigenvalue weighted by molar-refractivity contribution is 6.00. The van der Waals surface area contributed by atoms with Crippen LogP contribution in [0.25, 0.3) is 0 Å². The summed E-state index contributed by atoms with van der Waals surface area (Å²) in [4.78, 5) is 16.4. The second-order valence-corrected chi connectivity index (χ2v) is 6.82. The van der Waals surface area contributed by atoms with Crippen LogP contribution in [0.5, 0.6) is 11.6 Å². The summed E-state index contributed by atoms with van der Waals surface area (Å²) < 4.78 is 52.0. The highest BCUT2D eigenvalue weighted by atomic mass is 19.4. The number of aromatic nitrogens is 1. The van der Waals surface area contributed by atoms with Gasteiger partial charge in [0.2, 0.25) is 5.88 Å². The molecule has 160 valence electrons. The topological polar surface area (TPSA) is 72.5 Å². The number of para-hydroxylation sites is 2. The van der Waals surface area contributed by atoms with E-state index < -0.39 is 17.8 Å². The second-order valence-electron chi connectivity index (χ2n) is 6.82. The van der Waals surface area contributed by atoms with Gasteiger partial charge in [-0.2, -0.15) is 13.2 Å². The number of amides is 2. The molecule has 1 unspecified atom stereocenters. The Morgan fingerprint density at radius 2 is 1.71 bits per heavy atom. The number of carbonyl (C=O) groups is 1. The van der Waals surface area contributed by atoms with Crippen molar-refractivity contribution in [1.29, 1.82) is 0 Å². The normalized spacial score (nSPS) is 18.0. The molecule has 0 radical (unpaired) electrons. The van der Waals surface area contributed by atoms with Crippen LogP contribution in [0.1, 0.15) is 12.0 Å². The Bertz CT molecular complexity index is 1070. The Hall–Kier alpha value is -3.59. The molecule has 2 heterocycles. The minimum absolute atomic E-state index is 0.00386. The molecule has 2 aromatic carbocycles. The Kier molecular flexibility index (Phi) is 5.51. The van der Waals surface area contributed by atoms with E-state index in [-0.39, 0.29) is 35.9 Å². The molecule has 1 fully saturated rings. The Balaban J connectivity index is 1.59. The van der Waals surface area contributed by atoms with E-state index in [0.717, 1.165) is 0 Å². The number of hydrogen-bond acceptors (Lipinski definition) is 4. The van der Waals surface area contributed by atoms with E-state index in [4.69, 9.17) is 9.47 Å². The molecule has 2 N–H and O–H groups in total. The van der Waals surface area contributed by atoms with Crippen molar-refractivity contribution in [2.45, 2.75) is 18.2 Å². The van der Waals surface area contributed by atoms with E-state index in [1.54, 1.807) is 36.4 Å². The van der Waals surface area contributed by atoms with Crippen molar-refractivity contribution >= 4 is 17.4 Å². The van der Waals surface area contributed by atoms with Crippen molar-refractivity contribution in [1.82, 2.24) is 4.98 Å². The average Bonchev–Trinajstić information content (AvgIpc) is 2.69. The molecular formula is C22H18F3N3O3. The monoisotopic (exact) mass is 429 g/mol. The van der Waals surface area contributed by atoms with Crippen LogP contribution in [-0.2, 0) is 10.3 Å². The Labute approximate surface area is 176 Å². The predicted octanol–water partition coefficient (Wildman–Crippen LogP) is 5.70. The summed E-state index contributed by atoms with van der Waals surface area (Å²) >= 11 is 0. The number of rotatable bonds is 5. The van der Waals surface area contributed by atoms with Gasteiger partial charge in [0.15, 0.2) is 5.60 Å². The molecule has 3 aromatic rings. The zero-order valence-corrected chi connectivity index (χ0v) is 16.1. The number of halogens is 3. The highest BCUT2D eigenvalue weighted by Gasteiger charge is 2.62. The Morgan fingerprint density at radius 3 is 2.39 bits per heavy atom. The number of pyridine rings is 1. The number of anilines is 2. The van der Waals surface area contributed by atoms with Gasteiger partial charge in [-0.05, 0) is 30.3 Å². The number of hydrogen-bond donors (Lipinski definition) is 2. The largest absolute Gasteiger partial charge is 0.437 e. The van der Waals surface area contributed by atoms with Gasteiger partial charge >= 0.3 is 12.2 Å². The van der Waals surface area contributed by atoms with Gasteiger partial charge in [0.05, 0.1) is 6.61 Å². The van der Waals surface area contributed by atoms with Crippen molar-refractivity contribution in [2.75, 3.05) is 17.2 Å². The molecule has 9 heteroatoms. The predicted molar refractivity (Wildman–Crippen MR) is 108 cm³/mol. The van der Waals surface area contributed by atoms with Gasteiger partial charge in [0.1, 0.15) is 11.4 Å². The first-order valence-corrected chi connectivity index (χ1v) is 9.45. The van der Waals surface area contributed by atoms with Gasteiger partial charge < -0.3 is 20.1 Å². The number of nitrogens with zero attached hydrogens (tertiary/aromatic N) is 1. The fourth-order valence-electron chi connectivity index (χ4n) is 3.26. The zero-order valence-electron chi connectivity index (χ0n) is 16.1. The molecule has 0 saturated carbocycles. The fraction of sp³-hybridized carbons (Fsp3) is 0.182. The SMILES string of the molecule is O=C(Nc1ccccc1)Nc1cccnc1Oc1ccccc1C1(C(F)(F)F)CCO1. The van der Waals surface area contributed by atoms with E-state index in [0.29, 0.717) is 5.69 Å². The maximum absolute atomic E-state index is 13.8. The third-order valence-electron chi connectivity index (χ3n) is 4.84. The average molecular weight is 429 g/mol. The van der Waals surface area contributed by atoms with Crippen LogP contribution in [0.15, 0.2) is 72.9 Å². The summed E-state index contributed by atoms with van der Waals surface area (Å²) in [5.41, 5.74) is -1.79. The second kappa shape index (κ2) is 8.27. The molecule has 0 bridgehead atoms. The van der Waals surface area contributed by atoms with Crippen LogP contribution in [0.3, 0.4) is 0 Å². The number of carbonyl (C=O) groups excluding carboxylic acids is 1. The van der Waals surface area contributed by atoms with Gasteiger partial charge in [-0.1, -0.05) is 36.4 Å². The lowest BCUT2D eigenvalue weighted by Gasteiger charge is -2.43. The van der Waals surface area contributed by atoms with Crippen molar-refractivity contribution in [3.05, 3.63) is 78.5 Å². The van der Waals surface area contributed by atoms with E-state index in [1.165, 1.54) is 30.5 Å². The summed E-state index contributed by atoms with van der Waals surface area (Å²) in [5, 5.41) is 5.26. The van der Waals surface area contributed by atoms with Crippen LogP contribution in [-0.4, -0.2) is 23.8 Å². The molecule has 1 aromatic heterocycles. The van der Waals surface area contributed by atoms with Gasteiger partial charge in [-0.25, -0.2) is 9.78 Å². The minimum atomic E-state index is -4.61. The fourth-order valence-corrected chi connectivity index (χ4v) is 3.26. The first-order valence-electron chi connectivity index (χ1n) is 9.45. The Morgan fingerprint density at radius 1 is 1.00 bits per heavy atom. The van der Waals surface area contributed by atoms with E-state index >= 15 is 0 Å². The molecule has 1 aliphatic heterocycles. The molecule has 2 amide bonds. The quantitative estimate of drug-likeness (QED) is 0.546. The molecule has 6 nitrogen and oxygen atoms in total. The minimum Gasteiger partial charge on any atom is -0.437 e. The highest BCUT2D eigenvalue weighted by Crippen LogP contribution is 2.53. The molecule has 1 atom stereocenters. The molecule has 1 aliphatic rings. The van der Waals surface area contributed by atoms with Crippen LogP contribution in [0.2, 0.25) is 0 Å². The number of nitrogens with one attached hydrogen (secondary N) is 2. The van der Waals surface area contributed by atoms with Crippen LogP contribution >= 0.6 is 0 Å². The van der Waals surface area contributed by atoms with E-state index in [9.17, 15) is 18.0 Å². The van der Waals surface area contributed by atoms with Gasteiger partial charge in [-0.15, -0.1) is 0 Å². The first kappa shape index (κ1) is 20.7. The molecule has 31 heavy (non-hydrogen) atoms. The smallest absolute Gasteiger partial charge is 0.421 e. The molecular weight excluding hydrogens is 411 g/mol. The molecule has 1 saturated heterocycles. The van der Waals surface area contributed by atoms with Crippen LogP contribution < -0.4 is 15.4 Å². The summed E-state index contributed by atoms with van der Waals surface area (Å²) in [6.45, 7) is 0.00386. The number of alkyl halides is 3. The zero-order chi connectivity index (χ0) is 21.9. The van der Waals surface area contributed by atoms with E-state index in [1.807, 2.05) is 6.07 Å². The van der Waals surface area contributed by atoms with Crippen LogP contribution in [0.4, 0.5) is 29.3 Å². The lowest BCUT2D eigenvalue weighted by Crippen LogP contribution is -2.52. The standard InChI is InChI=1S/C22H18F3N3O3/c23-22(24,25)21(12-14-30-21)16-9-4-5-11-18(16)31-19-17(10-6-13-26-19)28-20(29)27-15-7-2-1-3-8-15/h1-11,13H,12,14H2,(H2,27,28,29). The lowest BCUT2D eigenvalue weighted by molar-refractivity contribution is -0.333. The maximum atomic E-state index is 13.8. The first-order chi connectivity index (χ1) is 14.9. The summed E-state index contributed by atoms with van der Waals surface area (Å²) in [5.74, 6) is -0.0976. The molecule has 0 aliphatic carbocycles. The van der Waals surface area contributed by atoms with Crippen molar-refractivity contribution in [2.24, 2.45) is 0 Å². The van der Waals surface area contributed by atoms with E-state index in [2.05, 4.69) is 15.6 Å². The van der Waals surface area contributed by atoms with Gasteiger partial charge in [0.25, 0.3) is 0 Å². The number of urea groups is 1. The van der Waals surface area contributed by atoms with Gasteiger partial charge in [-0.3, -0.25) is 0 Å². The summed E-state index contributed by atoms with van der Waals surface area (Å²) in [6.07, 6.45) is -3.40. The van der Waals surface area contributed by atoms with Crippen molar-refractivity contribution in [3.8, 4) is 11.6 Å².